The second-order valence-electron chi connectivity index (χ2n) is 7.60. The minimum atomic E-state index is -0.751. The number of carbonyl (C=O) groups excluding carboxylic acids is 1. The summed E-state index contributed by atoms with van der Waals surface area (Å²) in [6, 6.07) is 5.77. The number of morpholine rings is 1. The van der Waals surface area contributed by atoms with E-state index in [1.54, 1.807) is 26.0 Å². The molecule has 0 bridgehead atoms. The predicted octanol–water partition coefficient (Wildman–Crippen LogP) is 0.754. The lowest BCUT2D eigenvalue weighted by Crippen LogP contribution is -2.58. The summed E-state index contributed by atoms with van der Waals surface area (Å²) in [5.41, 5.74) is 0.110. The number of piperidine rings is 1. The molecular formula is C20H28N6O3. The fourth-order valence-corrected chi connectivity index (χ4v) is 4.10. The zero-order valence-electron chi connectivity index (χ0n) is 16.8. The van der Waals surface area contributed by atoms with Crippen LogP contribution in [0.25, 0.3) is 0 Å². The molecule has 29 heavy (non-hydrogen) atoms. The molecule has 156 valence electrons. The quantitative estimate of drug-likeness (QED) is 0.707. The van der Waals surface area contributed by atoms with Crippen molar-refractivity contribution >= 4 is 5.91 Å². The van der Waals surface area contributed by atoms with Crippen LogP contribution in [0.4, 0.5) is 0 Å². The molecule has 4 heterocycles. The number of ether oxygens (including phenoxy) is 2. The molecule has 0 radical (unpaired) electrons. The molecule has 0 spiro atoms. The number of rotatable bonds is 6. The maximum atomic E-state index is 13.4. The summed E-state index contributed by atoms with van der Waals surface area (Å²) < 4.78 is 13.7. The first kappa shape index (κ1) is 19.9. The zero-order valence-corrected chi connectivity index (χ0v) is 16.8. The lowest BCUT2D eigenvalue weighted by Gasteiger charge is -2.43. The highest BCUT2D eigenvalue weighted by Gasteiger charge is 2.45. The first-order valence-electron chi connectivity index (χ1n) is 10.1. The van der Waals surface area contributed by atoms with Gasteiger partial charge in [-0.1, -0.05) is 6.07 Å². The lowest BCUT2D eigenvalue weighted by molar-refractivity contribution is -0.168. The van der Waals surface area contributed by atoms with Crippen LogP contribution >= 0.6 is 0 Å². The Morgan fingerprint density at radius 2 is 2.00 bits per heavy atom. The van der Waals surface area contributed by atoms with Crippen LogP contribution in [0.15, 0.2) is 37.1 Å². The molecule has 0 aliphatic carbocycles. The van der Waals surface area contributed by atoms with Gasteiger partial charge in [0.2, 0.25) is 0 Å². The fraction of sp³-hybridized carbons (Fsp3) is 0.600. The molecule has 2 fully saturated rings. The van der Waals surface area contributed by atoms with Gasteiger partial charge < -0.3 is 23.8 Å². The van der Waals surface area contributed by atoms with Crippen LogP contribution < -0.4 is 0 Å². The Morgan fingerprint density at radius 1 is 1.21 bits per heavy atom. The highest BCUT2D eigenvalue weighted by atomic mass is 16.5. The number of pyridine rings is 1. The van der Waals surface area contributed by atoms with Crippen molar-refractivity contribution in [2.45, 2.75) is 31.1 Å². The Labute approximate surface area is 170 Å². The monoisotopic (exact) mass is 400 g/mol. The van der Waals surface area contributed by atoms with Crippen LogP contribution in [-0.2, 0) is 20.8 Å². The van der Waals surface area contributed by atoms with Gasteiger partial charge in [0.05, 0.1) is 18.8 Å². The molecule has 2 saturated heterocycles. The third kappa shape index (κ3) is 4.47. The third-order valence-corrected chi connectivity index (χ3v) is 5.96. The van der Waals surface area contributed by atoms with E-state index in [9.17, 15) is 4.79 Å². The van der Waals surface area contributed by atoms with Crippen LogP contribution in [-0.4, -0.2) is 87.5 Å². The molecule has 9 nitrogen and oxygen atoms in total. The number of aromatic nitrogens is 4. The van der Waals surface area contributed by atoms with Gasteiger partial charge in [0.25, 0.3) is 5.91 Å². The predicted molar refractivity (Wildman–Crippen MR) is 105 cm³/mol. The van der Waals surface area contributed by atoms with Gasteiger partial charge >= 0.3 is 0 Å². The van der Waals surface area contributed by atoms with Gasteiger partial charge in [0, 0.05) is 46.0 Å². The topological polar surface area (TPSA) is 85.6 Å². The maximum absolute atomic E-state index is 13.4. The molecule has 1 unspecified atom stereocenters. The van der Waals surface area contributed by atoms with Crippen LogP contribution in [0, 0.1) is 0 Å². The SMILES string of the molecule is COC1(C(=O)N2CCOC(c3ccccn3)C2)CCN(CCn2cnnc2)CC1. The highest BCUT2D eigenvalue weighted by Crippen LogP contribution is 2.30. The van der Waals surface area contributed by atoms with Gasteiger partial charge in [-0.05, 0) is 25.0 Å². The molecule has 0 N–H and O–H groups in total. The highest BCUT2D eigenvalue weighted by molar-refractivity contribution is 5.85. The van der Waals surface area contributed by atoms with Gasteiger partial charge in [-0.3, -0.25) is 9.78 Å². The number of hydrogen-bond acceptors (Lipinski definition) is 7. The minimum absolute atomic E-state index is 0.0719. The van der Waals surface area contributed by atoms with Crippen molar-refractivity contribution in [2.75, 3.05) is 46.4 Å². The summed E-state index contributed by atoms with van der Waals surface area (Å²) in [7, 11) is 1.65. The molecule has 4 rings (SSSR count). The molecule has 2 aliphatic heterocycles. The van der Waals surface area contributed by atoms with Crippen molar-refractivity contribution in [1.29, 1.82) is 0 Å². The summed E-state index contributed by atoms with van der Waals surface area (Å²) in [5.74, 6) is 0.0719. The molecule has 0 aromatic carbocycles. The van der Waals surface area contributed by atoms with Crippen molar-refractivity contribution in [3.63, 3.8) is 0 Å². The van der Waals surface area contributed by atoms with Crippen LogP contribution in [0.5, 0.6) is 0 Å². The van der Waals surface area contributed by atoms with E-state index < -0.39 is 5.60 Å². The summed E-state index contributed by atoms with van der Waals surface area (Å²) in [6.45, 7) is 5.02. The van der Waals surface area contributed by atoms with E-state index in [0.29, 0.717) is 32.5 Å². The van der Waals surface area contributed by atoms with E-state index in [1.165, 1.54) is 0 Å². The molecule has 1 atom stereocenters. The Hall–Kier alpha value is -2.36. The van der Waals surface area contributed by atoms with E-state index in [-0.39, 0.29) is 12.0 Å². The van der Waals surface area contributed by atoms with Crippen molar-refractivity contribution in [2.24, 2.45) is 0 Å². The van der Waals surface area contributed by atoms with Gasteiger partial charge in [-0.15, -0.1) is 10.2 Å². The Bertz CT molecular complexity index is 777. The van der Waals surface area contributed by atoms with Gasteiger partial charge in [-0.2, -0.15) is 0 Å². The van der Waals surface area contributed by atoms with E-state index in [1.807, 2.05) is 27.7 Å². The summed E-state index contributed by atoms with van der Waals surface area (Å²) >= 11 is 0. The van der Waals surface area contributed by atoms with E-state index in [2.05, 4.69) is 20.1 Å². The molecular weight excluding hydrogens is 372 g/mol. The van der Waals surface area contributed by atoms with Crippen molar-refractivity contribution in [3.8, 4) is 0 Å². The third-order valence-electron chi connectivity index (χ3n) is 5.96. The zero-order chi connectivity index (χ0) is 20.1. The number of nitrogens with zero attached hydrogens (tertiary/aromatic N) is 6. The van der Waals surface area contributed by atoms with Crippen molar-refractivity contribution in [3.05, 3.63) is 42.7 Å². The summed E-state index contributed by atoms with van der Waals surface area (Å²) in [5, 5.41) is 7.67. The molecule has 1 amide bonds. The summed E-state index contributed by atoms with van der Waals surface area (Å²) in [6.07, 6.45) is 6.40. The van der Waals surface area contributed by atoms with Crippen LogP contribution in [0.1, 0.15) is 24.6 Å². The Balaban J connectivity index is 1.35. The molecule has 0 saturated carbocycles. The van der Waals surface area contributed by atoms with Gasteiger partial charge in [0.15, 0.2) is 0 Å². The van der Waals surface area contributed by atoms with Crippen molar-refractivity contribution < 1.29 is 14.3 Å². The van der Waals surface area contributed by atoms with Crippen molar-refractivity contribution in [1.82, 2.24) is 29.5 Å². The minimum Gasteiger partial charge on any atom is -0.368 e. The van der Waals surface area contributed by atoms with E-state index in [0.717, 1.165) is 31.9 Å². The van der Waals surface area contributed by atoms with Crippen LogP contribution in [0.3, 0.4) is 0 Å². The number of hydrogen-bond donors (Lipinski definition) is 0. The normalized spacial score (nSPS) is 22.5. The number of amides is 1. The molecule has 9 heteroatoms. The first-order valence-corrected chi connectivity index (χ1v) is 10.1. The molecule has 2 aromatic rings. The van der Waals surface area contributed by atoms with E-state index in [4.69, 9.17) is 9.47 Å². The first-order chi connectivity index (χ1) is 14.2. The van der Waals surface area contributed by atoms with E-state index >= 15 is 0 Å². The molecule has 2 aliphatic rings. The largest absolute Gasteiger partial charge is 0.368 e. The fourth-order valence-electron chi connectivity index (χ4n) is 4.10. The van der Waals surface area contributed by atoms with Gasteiger partial charge in [0.1, 0.15) is 24.4 Å². The lowest BCUT2D eigenvalue weighted by atomic mass is 9.89. The molecule has 2 aromatic heterocycles. The van der Waals surface area contributed by atoms with Crippen LogP contribution in [0.2, 0.25) is 0 Å². The number of likely N-dealkylation sites (tertiary alicyclic amines) is 1. The average molecular weight is 400 g/mol. The number of methoxy groups -OCH3 is 1. The second kappa shape index (κ2) is 8.98. The standard InChI is InChI=1S/C20H28N6O3/c1-28-20(5-8-24(9-6-20)10-11-25-15-22-23-16-25)19(27)26-12-13-29-18(14-26)17-4-2-3-7-21-17/h2-4,7,15-16,18H,5-6,8-14H2,1H3. The number of carbonyl (C=O) groups is 1. The Kier molecular flexibility index (Phi) is 6.17. The van der Waals surface area contributed by atoms with Gasteiger partial charge in [-0.25, -0.2) is 0 Å². The smallest absolute Gasteiger partial charge is 0.255 e. The average Bonchev–Trinajstić information content (AvgIpc) is 3.32. The Morgan fingerprint density at radius 3 is 2.69 bits per heavy atom. The summed E-state index contributed by atoms with van der Waals surface area (Å²) in [4.78, 5) is 22.1. The maximum Gasteiger partial charge on any atom is 0.255 e. The second-order valence-corrected chi connectivity index (χ2v) is 7.60.